The van der Waals surface area contributed by atoms with E-state index in [9.17, 15) is 4.39 Å². The van der Waals surface area contributed by atoms with Gasteiger partial charge in [0.15, 0.2) is 5.96 Å². The molecule has 0 amide bonds. The number of rotatable bonds is 4. The Balaban J connectivity index is 4.07. The van der Waals surface area contributed by atoms with E-state index in [1.807, 2.05) is 6.92 Å². The maximum Gasteiger partial charge on any atom is 0.220 e. The van der Waals surface area contributed by atoms with Gasteiger partial charge in [-0.1, -0.05) is 0 Å². The van der Waals surface area contributed by atoms with Gasteiger partial charge in [-0.2, -0.15) is 4.99 Å². The third-order valence-electron chi connectivity index (χ3n) is 1.48. The molecule has 0 saturated heterocycles. The quantitative estimate of drug-likeness (QED) is 0.425. The predicted octanol–water partition coefficient (Wildman–Crippen LogP) is -0.124. The second-order valence-corrected chi connectivity index (χ2v) is 2.48. The average Bonchev–Trinajstić information content (AvgIpc) is 2.04. The second kappa shape index (κ2) is 6.22. The molecule has 0 spiro atoms. The molecule has 0 aromatic heterocycles. The van der Waals surface area contributed by atoms with Crippen LogP contribution in [0.4, 0.5) is 4.39 Å². The number of halogens is 1. The van der Waals surface area contributed by atoms with E-state index in [2.05, 4.69) is 4.99 Å². The lowest BCUT2D eigenvalue weighted by atomic mass is 10.4. The van der Waals surface area contributed by atoms with Gasteiger partial charge in [0.1, 0.15) is 0 Å². The van der Waals surface area contributed by atoms with Crippen LogP contribution in [0.1, 0.15) is 13.3 Å². The molecule has 0 aliphatic rings. The summed E-state index contributed by atoms with van der Waals surface area (Å²) in [5, 5.41) is 7.41. The summed E-state index contributed by atoms with van der Waals surface area (Å²) < 4.78 is 11.8. The lowest BCUT2D eigenvalue weighted by molar-refractivity contribution is 0.378. The maximum atomic E-state index is 11.8. The second-order valence-electron chi connectivity index (χ2n) is 2.48. The van der Waals surface area contributed by atoms with E-state index >= 15 is 0 Å². The van der Waals surface area contributed by atoms with Crippen molar-refractivity contribution in [3.8, 4) is 0 Å². The molecule has 6 heteroatoms. The first-order chi connectivity index (χ1) is 6.11. The van der Waals surface area contributed by atoms with Gasteiger partial charge in [0.25, 0.3) is 0 Å². The molecule has 0 heterocycles. The maximum absolute atomic E-state index is 11.8. The van der Waals surface area contributed by atoms with Crippen molar-refractivity contribution in [3.63, 3.8) is 0 Å². The largest absolute Gasteiger partial charge is 0.370 e. The third-order valence-corrected chi connectivity index (χ3v) is 1.48. The minimum atomic E-state index is -0.397. The predicted molar refractivity (Wildman–Crippen MR) is 51.4 cm³/mol. The minimum Gasteiger partial charge on any atom is -0.370 e. The lowest BCUT2D eigenvalue weighted by Gasteiger charge is -2.19. The third kappa shape index (κ3) is 5.00. The summed E-state index contributed by atoms with van der Waals surface area (Å²) in [6.07, 6.45) is 0.385. The molecule has 0 bridgehead atoms. The Hall–Kier alpha value is -1.33. The highest BCUT2D eigenvalue weighted by Crippen LogP contribution is 1.94. The molecule has 76 valence electrons. The summed E-state index contributed by atoms with van der Waals surface area (Å²) in [5.41, 5.74) is 10.2. The van der Waals surface area contributed by atoms with Crippen LogP contribution in [0.5, 0.6) is 0 Å². The Morgan fingerprint density at radius 2 is 2.15 bits per heavy atom. The Morgan fingerprint density at radius 3 is 2.54 bits per heavy atom. The van der Waals surface area contributed by atoms with Gasteiger partial charge in [-0.15, -0.1) is 0 Å². The monoisotopic (exact) mass is 189 g/mol. The van der Waals surface area contributed by atoms with Crippen molar-refractivity contribution in [2.24, 2.45) is 16.5 Å². The molecule has 0 rings (SSSR count). The summed E-state index contributed by atoms with van der Waals surface area (Å²) in [5.74, 6) is -0.167. The van der Waals surface area contributed by atoms with E-state index in [0.29, 0.717) is 19.5 Å². The van der Waals surface area contributed by atoms with Crippen LogP contribution in [0.15, 0.2) is 4.99 Å². The molecule has 0 saturated carbocycles. The zero-order chi connectivity index (χ0) is 10.3. The minimum absolute atomic E-state index is 0.0176. The molecule has 0 unspecified atom stereocenters. The highest BCUT2D eigenvalue weighted by atomic mass is 19.1. The molecule has 0 aliphatic heterocycles. The normalized spacial score (nSPS) is 9.38. The number of guanidine groups is 2. The van der Waals surface area contributed by atoms with Crippen molar-refractivity contribution in [1.82, 2.24) is 4.90 Å². The van der Waals surface area contributed by atoms with Crippen molar-refractivity contribution in [2.45, 2.75) is 13.3 Å². The van der Waals surface area contributed by atoms with E-state index in [-0.39, 0.29) is 11.9 Å². The number of hydrogen-bond acceptors (Lipinski definition) is 1. The molecule has 0 atom stereocenters. The molecule has 0 fully saturated rings. The van der Waals surface area contributed by atoms with Crippen molar-refractivity contribution in [2.75, 3.05) is 19.8 Å². The van der Waals surface area contributed by atoms with Crippen LogP contribution in [-0.2, 0) is 0 Å². The van der Waals surface area contributed by atoms with E-state index in [4.69, 9.17) is 16.9 Å². The van der Waals surface area contributed by atoms with E-state index in [0.717, 1.165) is 0 Å². The Labute approximate surface area is 77.1 Å². The van der Waals surface area contributed by atoms with E-state index < -0.39 is 6.67 Å². The van der Waals surface area contributed by atoms with Gasteiger partial charge in [-0.25, -0.2) is 0 Å². The van der Waals surface area contributed by atoms with Crippen LogP contribution >= 0.6 is 0 Å². The number of nitrogens with one attached hydrogen (secondary N) is 1. The molecule has 0 radical (unpaired) electrons. The fourth-order valence-corrected chi connectivity index (χ4v) is 0.857. The van der Waals surface area contributed by atoms with Crippen LogP contribution < -0.4 is 11.5 Å². The number of nitrogens with zero attached hydrogens (tertiary/aromatic N) is 2. The zero-order valence-corrected chi connectivity index (χ0v) is 7.76. The number of aliphatic imine (C=N–C) groups is 1. The molecular weight excluding hydrogens is 173 g/mol. The molecular formula is C7H16FN5. The first kappa shape index (κ1) is 11.7. The summed E-state index contributed by atoms with van der Waals surface area (Å²) in [4.78, 5) is 5.16. The van der Waals surface area contributed by atoms with Gasteiger partial charge in [0.05, 0.1) is 6.67 Å². The average molecular weight is 189 g/mol. The molecule has 0 aromatic carbocycles. The van der Waals surface area contributed by atoms with Gasteiger partial charge in [-0.3, -0.25) is 9.80 Å². The number of hydrogen-bond donors (Lipinski definition) is 3. The van der Waals surface area contributed by atoms with E-state index in [1.54, 1.807) is 4.90 Å². The molecule has 5 N–H and O–H groups in total. The van der Waals surface area contributed by atoms with Crippen molar-refractivity contribution < 1.29 is 4.39 Å². The van der Waals surface area contributed by atoms with Gasteiger partial charge in [-0.05, 0) is 13.3 Å². The van der Waals surface area contributed by atoms with Crippen molar-refractivity contribution in [1.29, 1.82) is 5.41 Å². The molecule has 5 nitrogen and oxygen atoms in total. The van der Waals surface area contributed by atoms with Gasteiger partial charge >= 0.3 is 0 Å². The van der Waals surface area contributed by atoms with E-state index in [1.165, 1.54) is 0 Å². The van der Waals surface area contributed by atoms with Gasteiger partial charge < -0.3 is 16.4 Å². The summed E-state index contributed by atoms with van der Waals surface area (Å²) in [7, 11) is 0. The highest BCUT2D eigenvalue weighted by Gasteiger charge is 2.05. The van der Waals surface area contributed by atoms with Crippen LogP contribution in [-0.4, -0.2) is 36.6 Å². The van der Waals surface area contributed by atoms with Crippen LogP contribution in [0.2, 0.25) is 0 Å². The Kier molecular flexibility index (Phi) is 5.58. The zero-order valence-electron chi connectivity index (χ0n) is 7.76. The number of nitrogens with two attached hydrogens (primary N) is 2. The lowest BCUT2D eigenvalue weighted by Crippen LogP contribution is -2.33. The smallest absolute Gasteiger partial charge is 0.220 e. The van der Waals surface area contributed by atoms with Crippen LogP contribution in [0.25, 0.3) is 0 Å². The summed E-state index contributed by atoms with van der Waals surface area (Å²) >= 11 is 0. The van der Waals surface area contributed by atoms with Crippen LogP contribution in [0.3, 0.4) is 0 Å². The fourth-order valence-electron chi connectivity index (χ4n) is 0.857. The summed E-state index contributed by atoms with van der Waals surface area (Å²) in [6.45, 7) is 2.51. The topological polar surface area (TPSA) is 91.5 Å². The molecule has 13 heavy (non-hydrogen) atoms. The highest BCUT2D eigenvalue weighted by molar-refractivity contribution is 5.91. The Bertz CT molecular complexity index is 187. The standard InChI is InChI=1S/C7H16FN5/c1-2-13(5-3-4-8)7(11)12-6(9)10/h2-5H2,1H3,(H5,9,10,11,12). The summed E-state index contributed by atoms with van der Waals surface area (Å²) in [6, 6.07) is 0. The molecule has 0 aliphatic carbocycles. The first-order valence-corrected chi connectivity index (χ1v) is 4.10. The van der Waals surface area contributed by atoms with Crippen molar-refractivity contribution in [3.05, 3.63) is 0 Å². The Morgan fingerprint density at radius 1 is 1.54 bits per heavy atom. The first-order valence-electron chi connectivity index (χ1n) is 4.10. The SMILES string of the molecule is CCN(CCCF)C(=N)N=C(N)N. The van der Waals surface area contributed by atoms with Gasteiger partial charge in [0, 0.05) is 13.1 Å². The van der Waals surface area contributed by atoms with Crippen LogP contribution in [0, 0.1) is 5.41 Å². The molecule has 0 aromatic rings. The van der Waals surface area contributed by atoms with Crippen molar-refractivity contribution >= 4 is 11.9 Å². The van der Waals surface area contributed by atoms with Gasteiger partial charge in [0.2, 0.25) is 5.96 Å². The number of alkyl halides is 1. The fraction of sp³-hybridized carbons (Fsp3) is 0.714.